The fourth-order valence-corrected chi connectivity index (χ4v) is 2.05. The molecular formula is C14H11NO3S. The van der Waals surface area contributed by atoms with Gasteiger partial charge in [0, 0.05) is 11.0 Å². The molecule has 4 nitrogen and oxygen atoms in total. The van der Waals surface area contributed by atoms with E-state index in [2.05, 4.69) is 5.32 Å². The van der Waals surface area contributed by atoms with Gasteiger partial charge in [0.15, 0.2) is 0 Å². The number of carbonyl (C=O) groups is 2. The van der Waals surface area contributed by atoms with Gasteiger partial charge in [0.1, 0.15) is 5.75 Å². The van der Waals surface area contributed by atoms with Crippen molar-refractivity contribution in [2.75, 3.05) is 0 Å². The molecule has 1 heterocycles. The van der Waals surface area contributed by atoms with Crippen molar-refractivity contribution in [3.05, 3.63) is 58.3 Å². The van der Waals surface area contributed by atoms with Gasteiger partial charge in [-0.2, -0.15) is 0 Å². The summed E-state index contributed by atoms with van der Waals surface area (Å²) in [7, 11) is 0. The van der Waals surface area contributed by atoms with Crippen LogP contribution in [0.2, 0.25) is 0 Å². The first-order valence-corrected chi connectivity index (χ1v) is 6.39. The molecule has 1 aromatic heterocycles. The molecule has 2 aromatic rings. The minimum absolute atomic E-state index is 0.0698. The lowest BCUT2D eigenvalue weighted by molar-refractivity contribution is -0.115. The number of para-hydroxylation sites is 1. The van der Waals surface area contributed by atoms with Crippen LogP contribution in [0.15, 0.2) is 47.9 Å². The predicted molar refractivity (Wildman–Crippen MR) is 73.9 cm³/mol. The molecule has 96 valence electrons. The summed E-state index contributed by atoms with van der Waals surface area (Å²) in [5.74, 6) is -1.31. The Morgan fingerprint density at radius 3 is 2.63 bits per heavy atom. The first-order valence-electron chi connectivity index (χ1n) is 5.52. The SMILES string of the molecule is O=C(C=Cc1cccs1)NC(=O)c1ccccc1O. The van der Waals surface area contributed by atoms with Gasteiger partial charge in [-0.25, -0.2) is 0 Å². The van der Waals surface area contributed by atoms with E-state index in [0.717, 1.165) is 4.88 Å². The smallest absolute Gasteiger partial charge is 0.261 e. The van der Waals surface area contributed by atoms with Gasteiger partial charge in [0.05, 0.1) is 5.56 Å². The number of benzene rings is 1. The molecular weight excluding hydrogens is 262 g/mol. The first kappa shape index (κ1) is 13.0. The number of phenols is 1. The van der Waals surface area contributed by atoms with Gasteiger partial charge >= 0.3 is 0 Å². The van der Waals surface area contributed by atoms with Crippen LogP contribution in [0.3, 0.4) is 0 Å². The maximum absolute atomic E-state index is 11.7. The lowest BCUT2D eigenvalue weighted by Crippen LogP contribution is -2.28. The Hall–Kier alpha value is -2.40. The molecule has 0 bridgehead atoms. The summed E-state index contributed by atoms with van der Waals surface area (Å²) >= 11 is 1.49. The van der Waals surface area contributed by atoms with Crippen LogP contribution in [-0.2, 0) is 4.79 Å². The third kappa shape index (κ3) is 3.53. The molecule has 0 aliphatic rings. The number of imide groups is 1. The number of rotatable bonds is 3. The second kappa shape index (κ2) is 5.97. The molecule has 0 radical (unpaired) electrons. The summed E-state index contributed by atoms with van der Waals surface area (Å²) < 4.78 is 0. The molecule has 0 spiro atoms. The average molecular weight is 273 g/mol. The largest absolute Gasteiger partial charge is 0.507 e. The van der Waals surface area contributed by atoms with E-state index in [1.165, 1.54) is 29.5 Å². The predicted octanol–water partition coefficient (Wildman–Crippen LogP) is 2.42. The van der Waals surface area contributed by atoms with E-state index in [1.807, 2.05) is 17.5 Å². The Balaban J connectivity index is 2.00. The van der Waals surface area contributed by atoms with Crippen LogP contribution in [0.5, 0.6) is 5.75 Å². The Labute approximate surface area is 114 Å². The molecule has 19 heavy (non-hydrogen) atoms. The Bertz CT molecular complexity index is 617. The summed E-state index contributed by atoms with van der Waals surface area (Å²) in [6.07, 6.45) is 2.90. The molecule has 0 aliphatic carbocycles. The van der Waals surface area contributed by atoms with E-state index in [9.17, 15) is 14.7 Å². The van der Waals surface area contributed by atoms with Crippen molar-refractivity contribution in [1.29, 1.82) is 0 Å². The number of phenolic OH excluding ortho intramolecular Hbond substituents is 1. The van der Waals surface area contributed by atoms with Crippen LogP contribution in [0.4, 0.5) is 0 Å². The standard InChI is InChI=1S/C14H11NO3S/c16-12-6-2-1-5-11(12)14(18)15-13(17)8-7-10-4-3-9-19-10/h1-9,16H,(H,15,17,18). The van der Waals surface area contributed by atoms with Crippen molar-refractivity contribution in [3.8, 4) is 5.75 Å². The zero-order valence-corrected chi connectivity index (χ0v) is 10.7. The van der Waals surface area contributed by atoms with Crippen LogP contribution in [0.25, 0.3) is 6.08 Å². The number of amides is 2. The van der Waals surface area contributed by atoms with Gasteiger partial charge in [-0.05, 0) is 29.7 Å². The molecule has 2 N–H and O–H groups in total. The number of carbonyl (C=O) groups excluding carboxylic acids is 2. The number of aromatic hydroxyl groups is 1. The monoisotopic (exact) mass is 273 g/mol. The maximum atomic E-state index is 11.7. The Morgan fingerprint density at radius 1 is 1.16 bits per heavy atom. The minimum Gasteiger partial charge on any atom is -0.507 e. The van der Waals surface area contributed by atoms with Gasteiger partial charge in [0.2, 0.25) is 0 Å². The number of thiophene rings is 1. The van der Waals surface area contributed by atoms with Crippen LogP contribution in [0.1, 0.15) is 15.2 Å². The zero-order chi connectivity index (χ0) is 13.7. The highest BCUT2D eigenvalue weighted by atomic mass is 32.1. The summed E-state index contributed by atoms with van der Waals surface area (Å²) in [6, 6.07) is 9.78. The summed E-state index contributed by atoms with van der Waals surface area (Å²) in [5, 5.41) is 13.6. The van der Waals surface area contributed by atoms with Gasteiger partial charge in [0.25, 0.3) is 11.8 Å². The highest BCUT2D eigenvalue weighted by Gasteiger charge is 2.11. The van der Waals surface area contributed by atoms with Crippen molar-refractivity contribution in [3.63, 3.8) is 0 Å². The van der Waals surface area contributed by atoms with Crippen molar-refractivity contribution in [2.24, 2.45) is 0 Å². The second-order valence-electron chi connectivity index (χ2n) is 3.68. The van der Waals surface area contributed by atoms with Gasteiger partial charge in [-0.3, -0.25) is 14.9 Å². The molecule has 0 saturated carbocycles. The lowest BCUT2D eigenvalue weighted by Gasteiger charge is -2.03. The highest BCUT2D eigenvalue weighted by Crippen LogP contribution is 2.15. The van der Waals surface area contributed by atoms with E-state index in [-0.39, 0.29) is 11.3 Å². The average Bonchev–Trinajstić information content (AvgIpc) is 2.90. The van der Waals surface area contributed by atoms with Gasteiger partial charge in [-0.15, -0.1) is 11.3 Å². The normalized spacial score (nSPS) is 10.5. The summed E-state index contributed by atoms with van der Waals surface area (Å²) in [6.45, 7) is 0. The van der Waals surface area contributed by atoms with E-state index < -0.39 is 11.8 Å². The van der Waals surface area contributed by atoms with Crippen LogP contribution in [-0.4, -0.2) is 16.9 Å². The van der Waals surface area contributed by atoms with Gasteiger partial charge in [-0.1, -0.05) is 18.2 Å². The zero-order valence-electron chi connectivity index (χ0n) is 9.87. The van der Waals surface area contributed by atoms with E-state index in [0.29, 0.717) is 0 Å². The van der Waals surface area contributed by atoms with Crippen molar-refractivity contribution < 1.29 is 14.7 Å². The van der Waals surface area contributed by atoms with Crippen LogP contribution >= 0.6 is 11.3 Å². The van der Waals surface area contributed by atoms with E-state index in [4.69, 9.17) is 0 Å². The molecule has 1 aromatic carbocycles. The lowest BCUT2D eigenvalue weighted by atomic mass is 10.2. The van der Waals surface area contributed by atoms with E-state index >= 15 is 0 Å². The van der Waals surface area contributed by atoms with Crippen molar-refractivity contribution in [2.45, 2.75) is 0 Å². The van der Waals surface area contributed by atoms with Crippen molar-refractivity contribution >= 4 is 29.2 Å². The summed E-state index contributed by atoms with van der Waals surface area (Å²) in [5.41, 5.74) is 0.0698. The molecule has 0 saturated heterocycles. The maximum Gasteiger partial charge on any atom is 0.261 e. The second-order valence-corrected chi connectivity index (χ2v) is 4.66. The molecule has 5 heteroatoms. The van der Waals surface area contributed by atoms with Crippen LogP contribution in [0, 0.1) is 0 Å². The first-order chi connectivity index (χ1) is 9.16. The Morgan fingerprint density at radius 2 is 1.95 bits per heavy atom. The number of hydrogen-bond donors (Lipinski definition) is 2. The fraction of sp³-hybridized carbons (Fsp3) is 0. The van der Waals surface area contributed by atoms with E-state index in [1.54, 1.807) is 18.2 Å². The topological polar surface area (TPSA) is 66.4 Å². The van der Waals surface area contributed by atoms with Crippen LogP contribution < -0.4 is 5.32 Å². The molecule has 0 fully saturated rings. The quantitative estimate of drug-likeness (QED) is 0.844. The molecule has 0 aliphatic heterocycles. The number of hydrogen-bond acceptors (Lipinski definition) is 4. The minimum atomic E-state index is -0.626. The van der Waals surface area contributed by atoms with Crippen molar-refractivity contribution in [1.82, 2.24) is 5.32 Å². The highest BCUT2D eigenvalue weighted by molar-refractivity contribution is 7.10. The third-order valence-electron chi connectivity index (χ3n) is 2.33. The Kier molecular flexibility index (Phi) is 4.10. The number of nitrogens with one attached hydrogen (secondary N) is 1. The van der Waals surface area contributed by atoms with Gasteiger partial charge < -0.3 is 5.11 Å². The molecule has 2 amide bonds. The molecule has 0 unspecified atom stereocenters. The molecule has 2 rings (SSSR count). The fourth-order valence-electron chi connectivity index (χ4n) is 1.43. The third-order valence-corrected chi connectivity index (χ3v) is 3.17. The molecule has 0 atom stereocenters. The summed E-state index contributed by atoms with van der Waals surface area (Å²) in [4.78, 5) is 24.2.